The molecule has 114 valence electrons. The highest BCUT2D eigenvalue weighted by Crippen LogP contribution is 2.33. The highest BCUT2D eigenvalue weighted by atomic mass is 35.5. The van der Waals surface area contributed by atoms with Crippen molar-refractivity contribution in [2.24, 2.45) is 11.1 Å². The van der Waals surface area contributed by atoms with Crippen molar-refractivity contribution in [1.82, 2.24) is 9.55 Å². The first-order valence-corrected chi connectivity index (χ1v) is 7.62. The molecule has 1 heterocycles. The van der Waals surface area contributed by atoms with Gasteiger partial charge in [-0.3, -0.25) is 4.79 Å². The first kappa shape index (κ1) is 16.4. The molecule has 0 aliphatic heterocycles. The fourth-order valence-corrected chi connectivity index (χ4v) is 2.56. The number of benzene rings is 1. The summed E-state index contributed by atoms with van der Waals surface area (Å²) in [5, 5.41) is 0.534. The lowest BCUT2D eigenvalue weighted by Crippen LogP contribution is -2.35. The Morgan fingerprint density at radius 3 is 2.48 bits per heavy atom. The smallest absolute Gasteiger partial charge is 0.224 e. The van der Waals surface area contributed by atoms with Gasteiger partial charge in [-0.15, -0.1) is 11.6 Å². The molecule has 0 spiro atoms. The lowest BCUT2D eigenvalue weighted by molar-refractivity contribution is -0.126. The molecule has 0 fully saturated rings. The van der Waals surface area contributed by atoms with Crippen molar-refractivity contribution in [3.63, 3.8) is 0 Å². The van der Waals surface area contributed by atoms with E-state index in [4.69, 9.17) is 40.5 Å². The van der Waals surface area contributed by atoms with Crippen molar-refractivity contribution in [2.75, 3.05) is 0 Å². The summed E-state index contributed by atoms with van der Waals surface area (Å²) in [6.45, 7) is 5.74. The molecule has 0 aliphatic rings. The second kappa shape index (κ2) is 5.67. The number of alkyl halides is 1. The molecule has 21 heavy (non-hydrogen) atoms. The Balaban J connectivity index is 2.67. The predicted molar refractivity (Wildman–Crippen MR) is 87.0 cm³/mol. The molecular weight excluding hydrogens is 333 g/mol. The van der Waals surface area contributed by atoms with Gasteiger partial charge >= 0.3 is 0 Å². The largest absolute Gasteiger partial charge is 0.369 e. The van der Waals surface area contributed by atoms with Gasteiger partial charge in [0.1, 0.15) is 5.82 Å². The van der Waals surface area contributed by atoms with Gasteiger partial charge in [0.25, 0.3) is 0 Å². The van der Waals surface area contributed by atoms with Gasteiger partial charge in [0.15, 0.2) is 0 Å². The van der Waals surface area contributed by atoms with Gasteiger partial charge in [-0.05, 0) is 32.9 Å². The van der Waals surface area contributed by atoms with Crippen LogP contribution in [0.4, 0.5) is 0 Å². The number of hydrogen-bond donors (Lipinski definition) is 1. The third kappa shape index (κ3) is 3.12. The third-order valence-corrected chi connectivity index (χ3v) is 4.31. The van der Waals surface area contributed by atoms with E-state index in [-0.39, 0.29) is 5.38 Å². The number of amides is 1. The molecule has 2 rings (SSSR count). The second-order valence-corrected chi connectivity index (χ2v) is 7.14. The van der Waals surface area contributed by atoms with E-state index in [2.05, 4.69) is 4.98 Å². The van der Waals surface area contributed by atoms with E-state index in [1.807, 2.05) is 11.5 Å². The molecule has 1 aromatic carbocycles. The Morgan fingerprint density at radius 1 is 1.38 bits per heavy atom. The monoisotopic (exact) mass is 347 g/mol. The minimum Gasteiger partial charge on any atom is -0.369 e. The molecule has 0 radical (unpaired) electrons. The van der Waals surface area contributed by atoms with Gasteiger partial charge in [0.05, 0.1) is 31.9 Å². The highest BCUT2D eigenvalue weighted by molar-refractivity contribution is 6.42. The maximum absolute atomic E-state index is 11.6. The fraction of sp³-hybridized carbons (Fsp3) is 0.429. The molecule has 0 bridgehead atoms. The molecule has 1 aromatic heterocycles. The second-order valence-electron chi connectivity index (χ2n) is 5.68. The lowest BCUT2D eigenvalue weighted by atomic mass is 9.92. The summed E-state index contributed by atoms with van der Waals surface area (Å²) in [5.41, 5.74) is 6.19. The number of halogens is 3. The molecule has 1 atom stereocenters. The number of fused-ring (bicyclic) bond motifs is 1. The van der Waals surface area contributed by atoms with Gasteiger partial charge in [-0.1, -0.05) is 23.2 Å². The quantitative estimate of drug-likeness (QED) is 0.844. The molecular formula is C14H16Cl3N3O. The summed E-state index contributed by atoms with van der Waals surface area (Å²) < 4.78 is 1.87. The third-order valence-electron chi connectivity index (χ3n) is 3.40. The minimum atomic E-state index is -0.736. The van der Waals surface area contributed by atoms with Crippen LogP contribution in [0.1, 0.15) is 32.0 Å². The van der Waals surface area contributed by atoms with Gasteiger partial charge in [-0.25, -0.2) is 4.98 Å². The van der Waals surface area contributed by atoms with Gasteiger partial charge in [-0.2, -0.15) is 0 Å². The van der Waals surface area contributed by atoms with Gasteiger partial charge < -0.3 is 10.3 Å². The molecule has 0 saturated heterocycles. The molecule has 0 aliphatic carbocycles. The van der Waals surface area contributed by atoms with Crippen molar-refractivity contribution >= 4 is 51.7 Å². The molecule has 7 heteroatoms. The predicted octanol–water partition coefficient (Wildman–Crippen LogP) is 4.15. The van der Waals surface area contributed by atoms with Crippen LogP contribution in [0.5, 0.6) is 0 Å². The number of carbonyl (C=O) groups is 1. The highest BCUT2D eigenvalue weighted by Gasteiger charge is 2.28. The Morgan fingerprint density at radius 2 is 1.95 bits per heavy atom. The molecule has 2 aromatic rings. The van der Waals surface area contributed by atoms with E-state index in [0.717, 1.165) is 5.52 Å². The Labute approximate surface area is 138 Å². The summed E-state index contributed by atoms with van der Waals surface area (Å²) in [5.74, 6) is 0.261. The SMILES string of the molecule is CC(Cl)c1nc2cc(Cl)c(Cl)cc2n1CC(C)(C)C(N)=O. The normalized spacial score (nSPS) is 13.6. The molecule has 1 amide bonds. The maximum atomic E-state index is 11.6. The zero-order valence-electron chi connectivity index (χ0n) is 12.0. The van der Waals surface area contributed by atoms with Crippen LogP contribution < -0.4 is 5.73 Å². The summed E-state index contributed by atoms with van der Waals surface area (Å²) >= 11 is 18.3. The minimum absolute atomic E-state index is 0.321. The van der Waals surface area contributed by atoms with Crippen molar-refractivity contribution < 1.29 is 4.79 Å². The zero-order chi connectivity index (χ0) is 15.9. The van der Waals surface area contributed by atoms with E-state index < -0.39 is 11.3 Å². The topological polar surface area (TPSA) is 60.9 Å². The van der Waals surface area contributed by atoms with E-state index in [9.17, 15) is 4.79 Å². The van der Waals surface area contributed by atoms with E-state index in [1.165, 1.54) is 0 Å². The van der Waals surface area contributed by atoms with E-state index in [1.54, 1.807) is 26.0 Å². The number of aromatic nitrogens is 2. The van der Waals surface area contributed by atoms with Crippen LogP contribution in [-0.4, -0.2) is 15.5 Å². The van der Waals surface area contributed by atoms with Gasteiger partial charge in [0, 0.05) is 6.54 Å². The van der Waals surface area contributed by atoms with Crippen molar-refractivity contribution in [3.8, 4) is 0 Å². The van der Waals surface area contributed by atoms with E-state index in [0.29, 0.717) is 27.9 Å². The number of imidazole rings is 1. The maximum Gasteiger partial charge on any atom is 0.224 e. The van der Waals surface area contributed by atoms with Crippen LogP contribution >= 0.6 is 34.8 Å². The average Bonchev–Trinajstić information content (AvgIpc) is 2.68. The Bertz CT molecular complexity index is 707. The number of primary amides is 1. The van der Waals surface area contributed by atoms with Gasteiger partial charge in [0.2, 0.25) is 5.91 Å². The summed E-state index contributed by atoms with van der Waals surface area (Å²) in [7, 11) is 0. The number of nitrogens with zero attached hydrogens (tertiary/aromatic N) is 2. The summed E-state index contributed by atoms with van der Waals surface area (Å²) in [6.07, 6.45) is 0. The molecule has 1 unspecified atom stereocenters. The molecule has 0 saturated carbocycles. The molecule has 4 nitrogen and oxygen atoms in total. The van der Waals surface area contributed by atoms with Crippen molar-refractivity contribution in [2.45, 2.75) is 32.7 Å². The number of hydrogen-bond acceptors (Lipinski definition) is 2. The van der Waals surface area contributed by atoms with Crippen molar-refractivity contribution in [3.05, 3.63) is 28.0 Å². The molecule has 2 N–H and O–H groups in total. The van der Waals surface area contributed by atoms with Crippen LogP contribution in [-0.2, 0) is 11.3 Å². The zero-order valence-corrected chi connectivity index (χ0v) is 14.2. The van der Waals surface area contributed by atoms with E-state index >= 15 is 0 Å². The fourth-order valence-electron chi connectivity index (χ4n) is 2.08. The number of nitrogens with two attached hydrogens (primary N) is 1. The van der Waals surface area contributed by atoms with Crippen LogP contribution in [0.2, 0.25) is 10.0 Å². The standard InChI is InChI=1S/C14H16Cl3N3O/c1-7(15)12-19-10-4-8(16)9(17)5-11(10)20(12)6-14(2,3)13(18)21/h4-5,7H,6H2,1-3H3,(H2,18,21). The summed E-state index contributed by atoms with van der Waals surface area (Å²) in [6, 6.07) is 3.42. The lowest BCUT2D eigenvalue weighted by Gasteiger charge is -2.23. The van der Waals surface area contributed by atoms with Crippen LogP contribution in [0.15, 0.2) is 12.1 Å². The number of carbonyl (C=O) groups excluding carboxylic acids is 1. The Hall–Kier alpha value is -0.970. The van der Waals surface area contributed by atoms with Crippen LogP contribution in [0, 0.1) is 5.41 Å². The van der Waals surface area contributed by atoms with Crippen LogP contribution in [0.3, 0.4) is 0 Å². The number of rotatable bonds is 4. The Kier molecular flexibility index (Phi) is 4.43. The summed E-state index contributed by atoms with van der Waals surface area (Å²) in [4.78, 5) is 16.1. The van der Waals surface area contributed by atoms with Crippen LogP contribution in [0.25, 0.3) is 11.0 Å². The average molecular weight is 349 g/mol. The first-order valence-electron chi connectivity index (χ1n) is 6.42. The van der Waals surface area contributed by atoms with Crippen molar-refractivity contribution in [1.29, 1.82) is 0 Å². The first-order chi connectivity index (χ1) is 9.63.